The van der Waals surface area contributed by atoms with Crippen LogP contribution in [0.25, 0.3) is 33.5 Å². The summed E-state index contributed by atoms with van der Waals surface area (Å²) < 4.78 is 6.82. The largest absolute Gasteiger partial charge is 0.444 e. The van der Waals surface area contributed by atoms with Gasteiger partial charge in [0.25, 0.3) is 0 Å². The van der Waals surface area contributed by atoms with Gasteiger partial charge in [-0.1, -0.05) is 17.7 Å². The number of hydrogen-bond donors (Lipinski definition) is 1. The zero-order chi connectivity index (χ0) is 25.1. The van der Waals surface area contributed by atoms with E-state index in [2.05, 4.69) is 35.3 Å². The molecule has 5 rings (SSSR count). The second-order valence-electron chi connectivity index (χ2n) is 7.59. The molecule has 0 saturated carbocycles. The summed E-state index contributed by atoms with van der Waals surface area (Å²) in [7, 11) is 1.77. The SMILES string of the molecule is Cn1ccc(-c2nc(NC(=O)OCc3cncnc3)c(C#N)nc2-c2cc(Cl)c3ncccc3c2)n1. The van der Waals surface area contributed by atoms with Crippen LogP contribution in [-0.4, -0.2) is 40.8 Å². The molecule has 4 heterocycles. The summed E-state index contributed by atoms with van der Waals surface area (Å²) in [6.07, 6.45) is 7.02. The third-order valence-electron chi connectivity index (χ3n) is 5.09. The fourth-order valence-corrected chi connectivity index (χ4v) is 3.77. The van der Waals surface area contributed by atoms with E-state index >= 15 is 0 Å². The molecule has 0 saturated heterocycles. The number of fused-ring (bicyclic) bond motifs is 1. The van der Waals surface area contributed by atoms with Gasteiger partial charge in [-0.15, -0.1) is 0 Å². The minimum atomic E-state index is -0.816. The quantitative estimate of drug-likeness (QED) is 0.378. The van der Waals surface area contributed by atoms with Crippen molar-refractivity contribution in [1.82, 2.24) is 34.7 Å². The van der Waals surface area contributed by atoms with Gasteiger partial charge in [-0.3, -0.25) is 15.0 Å². The van der Waals surface area contributed by atoms with Gasteiger partial charge in [-0.25, -0.2) is 24.7 Å². The van der Waals surface area contributed by atoms with Gasteiger partial charge >= 0.3 is 6.09 Å². The van der Waals surface area contributed by atoms with Crippen molar-refractivity contribution in [3.63, 3.8) is 0 Å². The van der Waals surface area contributed by atoms with Crippen molar-refractivity contribution in [1.29, 1.82) is 5.26 Å². The Labute approximate surface area is 209 Å². The zero-order valence-corrected chi connectivity index (χ0v) is 19.5. The number of benzene rings is 1. The van der Waals surface area contributed by atoms with Crippen LogP contribution >= 0.6 is 11.6 Å². The Bertz CT molecular complexity index is 1630. The highest BCUT2D eigenvalue weighted by atomic mass is 35.5. The summed E-state index contributed by atoms with van der Waals surface area (Å²) in [5.41, 5.74) is 2.96. The van der Waals surface area contributed by atoms with E-state index in [9.17, 15) is 10.1 Å². The molecular weight excluding hydrogens is 482 g/mol. The van der Waals surface area contributed by atoms with E-state index in [4.69, 9.17) is 16.3 Å². The van der Waals surface area contributed by atoms with Gasteiger partial charge in [0.1, 0.15) is 36.1 Å². The number of carbonyl (C=O) groups excluding carboxylic acids is 1. The van der Waals surface area contributed by atoms with Crippen molar-refractivity contribution in [2.24, 2.45) is 7.05 Å². The van der Waals surface area contributed by atoms with Crippen molar-refractivity contribution < 1.29 is 9.53 Å². The fourth-order valence-electron chi connectivity index (χ4n) is 3.49. The maximum Gasteiger partial charge on any atom is 0.413 e. The molecule has 12 heteroatoms. The molecule has 5 aromatic rings. The molecule has 4 aromatic heterocycles. The van der Waals surface area contributed by atoms with Crippen molar-refractivity contribution in [2.75, 3.05) is 5.32 Å². The number of aromatic nitrogens is 7. The highest BCUT2D eigenvalue weighted by molar-refractivity contribution is 6.35. The lowest BCUT2D eigenvalue weighted by atomic mass is 10.0. The van der Waals surface area contributed by atoms with Crippen LogP contribution in [0, 0.1) is 11.3 Å². The number of halogens is 1. The van der Waals surface area contributed by atoms with Gasteiger partial charge in [-0.05, 0) is 24.3 Å². The van der Waals surface area contributed by atoms with Crippen molar-refractivity contribution in [2.45, 2.75) is 6.61 Å². The predicted molar refractivity (Wildman–Crippen MR) is 131 cm³/mol. The van der Waals surface area contributed by atoms with Crippen LogP contribution in [0.4, 0.5) is 10.6 Å². The third kappa shape index (κ3) is 4.66. The number of carbonyl (C=O) groups is 1. The van der Waals surface area contributed by atoms with Crippen molar-refractivity contribution in [3.05, 3.63) is 77.7 Å². The normalized spacial score (nSPS) is 10.7. The number of nitrogens with one attached hydrogen (secondary N) is 1. The number of anilines is 1. The van der Waals surface area contributed by atoms with E-state index in [1.165, 1.54) is 18.7 Å². The second kappa shape index (κ2) is 9.73. The van der Waals surface area contributed by atoms with E-state index < -0.39 is 6.09 Å². The first-order valence-electron chi connectivity index (χ1n) is 10.6. The van der Waals surface area contributed by atoms with Crippen LogP contribution in [0.1, 0.15) is 11.3 Å². The fraction of sp³-hybridized carbons (Fsp3) is 0.0833. The number of hydrogen-bond acceptors (Lipinski definition) is 9. The summed E-state index contributed by atoms with van der Waals surface area (Å²) in [5.74, 6) is -0.0650. The number of rotatable bonds is 5. The molecule has 0 aliphatic heterocycles. The van der Waals surface area contributed by atoms with Crippen molar-refractivity contribution >= 4 is 34.4 Å². The topological polar surface area (TPSA) is 144 Å². The molecule has 36 heavy (non-hydrogen) atoms. The van der Waals surface area contributed by atoms with Gasteiger partial charge in [0.2, 0.25) is 0 Å². The van der Waals surface area contributed by atoms with Crippen LogP contribution < -0.4 is 5.32 Å². The van der Waals surface area contributed by atoms with Gasteiger partial charge in [-0.2, -0.15) is 10.4 Å². The lowest BCUT2D eigenvalue weighted by Gasteiger charge is -2.13. The summed E-state index contributed by atoms with van der Waals surface area (Å²) in [6, 6.07) is 11.0. The van der Waals surface area contributed by atoms with E-state index in [0.29, 0.717) is 38.7 Å². The highest BCUT2D eigenvalue weighted by Gasteiger charge is 2.21. The average Bonchev–Trinajstić information content (AvgIpc) is 3.34. The molecule has 11 nitrogen and oxygen atoms in total. The van der Waals surface area contributed by atoms with Crippen LogP contribution in [0.2, 0.25) is 5.02 Å². The van der Waals surface area contributed by atoms with E-state index in [1.54, 1.807) is 42.3 Å². The first-order chi connectivity index (χ1) is 17.5. The lowest BCUT2D eigenvalue weighted by molar-refractivity contribution is 0.154. The number of amides is 1. The first kappa shape index (κ1) is 22.8. The van der Waals surface area contributed by atoms with Crippen LogP contribution in [0.15, 0.2) is 61.4 Å². The number of ether oxygens (including phenoxy) is 1. The maximum atomic E-state index is 12.5. The molecule has 1 aromatic carbocycles. The molecule has 1 N–H and O–H groups in total. The Kier molecular flexibility index (Phi) is 6.17. The molecule has 0 fully saturated rings. The van der Waals surface area contributed by atoms with Crippen molar-refractivity contribution in [3.8, 4) is 28.7 Å². The molecule has 0 radical (unpaired) electrons. The molecular formula is C24H16ClN9O2. The minimum Gasteiger partial charge on any atom is -0.444 e. The molecule has 0 aliphatic carbocycles. The zero-order valence-electron chi connectivity index (χ0n) is 18.8. The molecule has 0 spiro atoms. The maximum absolute atomic E-state index is 12.5. The second-order valence-corrected chi connectivity index (χ2v) is 7.99. The number of nitrogens with zero attached hydrogens (tertiary/aromatic N) is 8. The molecule has 1 amide bonds. The van der Waals surface area contributed by atoms with Crippen LogP contribution in [0.3, 0.4) is 0 Å². The molecule has 0 bridgehead atoms. The molecule has 176 valence electrons. The molecule has 0 unspecified atom stereocenters. The highest BCUT2D eigenvalue weighted by Crippen LogP contribution is 2.34. The molecule has 0 aliphatic rings. The first-order valence-corrected chi connectivity index (χ1v) is 10.9. The smallest absolute Gasteiger partial charge is 0.413 e. The van der Waals surface area contributed by atoms with Crippen LogP contribution in [-0.2, 0) is 18.4 Å². The average molecular weight is 498 g/mol. The molecule has 0 atom stereocenters. The summed E-state index contributed by atoms with van der Waals surface area (Å²) in [6.45, 7) is -0.0587. The Morgan fingerprint density at radius 3 is 2.78 bits per heavy atom. The summed E-state index contributed by atoms with van der Waals surface area (Å²) >= 11 is 6.50. The summed E-state index contributed by atoms with van der Waals surface area (Å²) in [5, 5.41) is 17.9. The predicted octanol–water partition coefficient (Wildman–Crippen LogP) is 4.16. The lowest BCUT2D eigenvalue weighted by Crippen LogP contribution is -2.17. The number of pyridine rings is 1. The summed E-state index contributed by atoms with van der Waals surface area (Å²) in [4.78, 5) is 33.6. The monoisotopic (exact) mass is 497 g/mol. The standard InChI is InChI=1S/C24H16ClN9O2/c1-34-6-4-18(33-34)22-21(16-7-15-3-2-5-29-20(15)17(25)8-16)30-19(9-26)23(31-22)32-24(35)36-12-14-10-27-13-28-11-14/h2-8,10-11,13H,12H2,1H3,(H,31,32,35). The Morgan fingerprint density at radius 1 is 1.19 bits per heavy atom. The van der Waals surface area contributed by atoms with Gasteiger partial charge in [0.15, 0.2) is 11.5 Å². The Balaban J connectivity index is 1.56. The Hall–Kier alpha value is -4.95. The van der Waals surface area contributed by atoms with E-state index in [-0.39, 0.29) is 18.1 Å². The van der Waals surface area contributed by atoms with Crippen LogP contribution in [0.5, 0.6) is 0 Å². The number of aryl methyl sites for hydroxylation is 1. The Morgan fingerprint density at radius 2 is 2.03 bits per heavy atom. The third-order valence-corrected chi connectivity index (χ3v) is 5.38. The van der Waals surface area contributed by atoms with E-state index in [0.717, 1.165) is 5.39 Å². The van der Waals surface area contributed by atoms with Gasteiger partial charge < -0.3 is 4.74 Å². The van der Waals surface area contributed by atoms with Gasteiger partial charge in [0.05, 0.1) is 10.5 Å². The van der Waals surface area contributed by atoms with E-state index in [1.807, 2.05) is 18.2 Å². The minimum absolute atomic E-state index is 0.0587. The van der Waals surface area contributed by atoms with Gasteiger partial charge in [0, 0.05) is 48.3 Å². The number of nitriles is 1.